The number of aliphatic carboxylic acids is 1. The second kappa shape index (κ2) is 14.3. The Bertz CT molecular complexity index is 1700. The van der Waals surface area contributed by atoms with Crippen molar-refractivity contribution in [3.63, 3.8) is 0 Å². The number of halogens is 1. The van der Waals surface area contributed by atoms with Gasteiger partial charge in [-0.05, 0) is 143 Å². The monoisotopic (exact) mass is 701 g/mol. The van der Waals surface area contributed by atoms with Crippen LogP contribution in [-0.2, 0) is 23.1 Å². The van der Waals surface area contributed by atoms with Crippen molar-refractivity contribution in [1.29, 1.82) is 0 Å². The van der Waals surface area contributed by atoms with Gasteiger partial charge in [0.15, 0.2) is 11.5 Å². The number of nitrogens with zero attached hydrogens (tertiary/aromatic N) is 2. The molecule has 8 nitrogen and oxygen atoms in total. The van der Waals surface area contributed by atoms with Gasteiger partial charge >= 0.3 is 5.97 Å². The van der Waals surface area contributed by atoms with Crippen LogP contribution in [0.5, 0.6) is 17.2 Å². The molecule has 2 aromatic carbocycles. The second-order valence-corrected chi connectivity index (χ2v) is 16.2. The number of fused-ring (bicyclic) bond motifs is 4. The maximum absolute atomic E-state index is 13.0. The lowest BCUT2D eigenvalue weighted by Crippen LogP contribution is -2.53. The highest BCUT2D eigenvalue weighted by Gasteiger charge is 2.54. The number of hydrogen-bond donors (Lipinski definition) is 2. The van der Waals surface area contributed by atoms with E-state index < -0.39 is 11.5 Å². The van der Waals surface area contributed by atoms with Gasteiger partial charge in [0.1, 0.15) is 24.0 Å². The van der Waals surface area contributed by atoms with E-state index in [-0.39, 0.29) is 11.5 Å². The van der Waals surface area contributed by atoms with Gasteiger partial charge in [-0.1, -0.05) is 31.5 Å². The number of rotatable bonds is 11. The van der Waals surface area contributed by atoms with Crippen molar-refractivity contribution in [3.8, 4) is 17.2 Å². The molecule has 0 amide bonds. The molecule has 9 heteroatoms. The third kappa shape index (κ3) is 6.90. The van der Waals surface area contributed by atoms with Crippen molar-refractivity contribution in [2.24, 2.45) is 11.8 Å². The lowest BCUT2D eigenvalue weighted by atomic mass is 9.59. The van der Waals surface area contributed by atoms with Crippen LogP contribution in [-0.4, -0.2) is 66.5 Å². The molecule has 3 aromatic rings. The zero-order valence-corrected chi connectivity index (χ0v) is 30.7. The molecular formula is C41H52ClN3O5. The molecule has 2 unspecified atom stereocenters. The number of ether oxygens (including phenoxy) is 3. The molecule has 50 heavy (non-hydrogen) atoms. The van der Waals surface area contributed by atoms with Crippen LogP contribution < -0.4 is 19.5 Å². The summed E-state index contributed by atoms with van der Waals surface area (Å²) >= 11 is 6.29. The van der Waals surface area contributed by atoms with Gasteiger partial charge in [0.25, 0.3) is 0 Å². The highest BCUT2D eigenvalue weighted by Crippen LogP contribution is 2.58. The van der Waals surface area contributed by atoms with Crippen LogP contribution in [0.25, 0.3) is 0 Å². The minimum absolute atomic E-state index is 0.00262. The number of hydrogen-bond acceptors (Lipinski definition) is 7. The first kappa shape index (κ1) is 34.9. The normalized spacial score (nSPS) is 27.4. The Hall–Kier alpha value is -3.49. The van der Waals surface area contributed by atoms with Crippen LogP contribution in [0.4, 0.5) is 5.69 Å². The number of pyridine rings is 1. The molecule has 4 aliphatic rings. The summed E-state index contributed by atoms with van der Waals surface area (Å²) in [4.78, 5) is 19.8. The third-order valence-electron chi connectivity index (χ3n) is 12.0. The molecule has 0 bridgehead atoms. The smallest absolute Gasteiger partial charge is 0.329 e. The van der Waals surface area contributed by atoms with Gasteiger partial charge in [-0.3, -0.25) is 4.98 Å². The Labute approximate surface area is 301 Å². The fraction of sp³-hybridized carbons (Fsp3) is 0.561. The van der Waals surface area contributed by atoms with E-state index in [1.165, 1.54) is 35.2 Å². The van der Waals surface area contributed by atoms with Gasteiger partial charge in [0.05, 0.1) is 6.61 Å². The Morgan fingerprint density at radius 2 is 1.98 bits per heavy atom. The molecule has 1 aliphatic heterocycles. The van der Waals surface area contributed by atoms with E-state index in [1.54, 1.807) is 0 Å². The van der Waals surface area contributed by atoms with Crippen molar-refractivity contribution < 1.29 is 24.1 Å². The lowest BCUT2D eigenvalue weighted by Gasteiger charge is -2.47. The summed E-state index contributed by atoms with van der Waals surface area (Å²) in [5.74, 6) is 2.92. The van der Waals surface area contributed by atoms with Gasteiger partial charge in [0.2, 0.25) is 0 Å². The van der Waals surface area contributed by atoms with E-state index in [4.69, 9.17) is 25.8 Å². The molecule has 0 radical (unpaired) electrons. The van der Waals surface area contributed by atoms with Crippen molar-refractivity contribution in [2.45, 2.75) is 101 Å². The molecule has 1 fully saturated rings. The topological polar surface area (TPSA) is 93.2 Å². The minimum Gasteiger partial charge on any atom is -0.493 e. The van der Waals surface area contributed by atoms with E-state index in [1.807, 2.05) is 36.5 Å². The Kier molecular flexibility index (Phi) is 9.97. The van der Waals surface area contributed by atoms with Gasteiger partial charge < -0.3 is 29.5 Å². The molecule has 2 N–H and O–H groups in total. The standard InChI is InChI=1S/C41H52ClN3O5/c1-26(24-48-35-11-17-43-34-10-5-7-27(2)38(34)35)19-29-20-28-21-36-37(50-32(25-49-36)12-18-45(3)4)23-33(28)40(29)13-15-41(16-14-40,39(46)47)44-31-9-6-8-30(42)22-31/h6,8-9,11,17,21-23,26-27,29,32,44H,5,7,10,12-16,18-20,24-25H2,1-4H3,(H,46,47)/t26-,27-,29?,32?,40?,41?/m1/s1. The number of carboxylic acid groups (broad SMARTS) is 1. The Balaban J connectivity index is 1.15. The minimum atomic E-state index is -1.07. The number of aromatic nitrogens is 1. The Morgan fingerprint density at radius 1 is 1.16 bits per heavy atom. The fourth-order valence-corrected chi connectivity index (χ4v) is 9.45. The largest absolute Gasteiger partial charge is 0.493 e. The van der Waals surface area contributed by atoms with Gasteiger partial charge in [-0.2, -0.15) is 0 Å². The average Bonchev–Trinajstić information content (AvgIpc) is 3.37. The molecule has 3 aliphatic carbocycles. The van der Waals surface area contributed by atoms with E-state index in [0.717, 1.165) is 68.0 Å². The molecule has 268 valence electrons. The van der Waals surface area contributed by atoms with Gasteiger partial charge in [-0.15, -0.1) is 0 Å². The maximum atomic E-state index is 13.0. The molecule has 0 saturated heterocycles. The maximum Gasteiger partial charge on any atom is 0.329 e. The summed E-state index contributed by atoms with van der Waals surface area (Å²) in [6.07, 6.45) is 10.6. The van der Waals surface area contributed by atoms with Crippen LogP contribution in [0, 0.1) is 11.8 Å². The fourth-order valence-electron chi connectivity index (χ4n) is 9.26. The summed E-state index contributed by atoms with van der Waals surface area (Å²) in [7, 11) is 4.15. The molecule has 1 aromatic heterocycles. The summed E-state index contributed by atoms with van der Waals surface area (Å²) in [6, 6.07) is 13.9. The quantitative estimate of drug-likeness (QED) is 0.206. The summed E-state index contributed by atoms with van der Waals surface area (Å²) in [5.41, 5.74) is 4.59. The van der Waals surface area contributed by atoms with Crippen LogP contribution in [0.2, 0.25) is 5.02 Å². The number of nitrogens with one attached hydrogen (secondary N) is 1. The summed E-state index contributed by atoms with van der Waals surface area (Å²) in [5, 5.41) is 14.7. The number of aryl methyl sites for hydroxylation is 1. The van der Waals surface area contributed by atoms with E-state index in [0.29, 0.717) is 48.8 Å². The number of benzene rings is 2. The third-order valence-corrected chi connectivity index (χ3v) is 12.2. The predicted octanol–water partition coefficient (Wildman–Crippen LogP) is 8.29. The lowest BCUT2D eigenvalue weighted by molar-refractivity contribution is -0.144. The van der Waals surface area contributed by atoms with E-state index >= 15 is 0 Å². The second-order valence-electron chi connectivity index (χ2n) is 15.8. The Morgan fingerprint density at radius 3 is 2.74 bits per heavy atom. The summed E-state index contributed by atoms with van der Waals surface area (Å²) < 4.78 is 19.5. The first-order valence-corrected chi connectivity index (χ1v) is 18.9. The number of anilines is 1. The predicted molar refractivity (Wildman–Crippen MR) is 197 cm³/mol. The molecule has 1 saturated carbocycles. The molecule has 2 heterocycles. The molecule has 7 rings (SSSR count). The highest BCUT2D eigenvalue weighted by atomic mass is 35.5. The number of carboxylic acids is 1. The average molecular weight is 702 g/mol. The van der Waals surface area contributed by atoms with Crippen LogP contribution in [0.3, 0.4) is 0 Å². The van der Waals surface area contributed by atoms with Crippen molar-refractivity contribution in [2.75, 3.05) is 39.2 Å². The van der Waals surface area contributed by atoms with E-state index in [9.17, 15) is 9.90 Å². The van der Waals surface area contributed by atoms with Crippen molar-refractivity contribution >= 4 is 23.3 Å². The molecule has 4 atom stereocenters. The van der Waals surface area contributed by atoms with Gasteiger partial charge in [0, 0.05) is 41.1 Å². The zero-order valence-electron chi connectivity index (χ0n) is 30.0. The van der Waals surface area contributed by atoms with Crippen LogP contribution in [0.15, 0.2) is 48.7 Å². The molecule has 1 spiro atoms. The SMILES string of the molecule is C[C@@H](COc1ccnc2c1[C@H](C)CCC2)CC1Cc2cc3c(cc2C12CCC(Nc1cccc(Cl)c1)(C(=O)O)CC2)OC(CCN(C)C)CO3. The highest BCUT2D eigenvalue weighted by molar-refractivity contribution is 6.30. The first-order valence-electron chi connectivity index (χ1n) is 18.5. The number of carbonyl (C=O) groups is 1. The van der Waals surface area contributed by atoms with Crippen LogP contribution in [0.1, 0.15) is 93.5 Å². The van der Waals surface area contributed by atoms with E-state index in [2.05, 4.69) is 55.3 Å². The molecular weight excluding hydrogens is 650 g/mol. The summed E-state index contributed by atoms with van der Waals surface area (Å²) in [6.45, 7) is 6.70. The van der Waals surface area contributed by atoms with Crippen molar-refractivity contribution in [3.05, 3.63) is 76.1 Å². The zero-order chi connectivity index (χ0) is 35.0. The van der Waals surface area contributed by atoms with Crippen LogP contribution >= 0.6 is 11.6 Å². The van der Waals surface area contributed by atoms with Gasteiger partial charge in [-0.25, -0.2) is 4.79 Å². The van der Waals surface area contributed by atoms with Crippen molar-refractivity contribution in [1.82, 2.24) is 9.88 Å². The first-order chi connectivity index (χ1) is 24.0.